The highest BCUT2D eigenvalue weighted by Crippen LogP contribution is 2.26. The van der Waals surface area contributed by atoms with E-state index in [9.17, 15) is 9.90 Å². The number of benzene rings is 2. The van der Waals surface area contributed by atoms with Crippen LogP contribution in [0.4, 0.5) is 11.6 Å². The second-order valence-corrected chi connectivity index (χ2v) is 7.58. The number of carbonyl (C=O) groups is 1. The molecular formula is C23H24N4O2. The monoisotopic (exact) mass is 388 g/mol. The SMILES string of the molecule is CN(C)c1cccc(-c2ccnc(NC3CCc4ccc(C(=O)O)cc4C3)n2)c1. The number of fused-ring (bicyclic) bond motifs is 1. The molecule has 148 valence electrons. The van der Waals surface area contributed by atoms with Crippen LogP contribution < -0.4 is 10.2 Å². The normalized spacial score (nSPS) is 15.4. The summed E-state index contributed by atoms with van der Waals surface area (Å²) in [4.78, 5) is 22.4. The highest BCUT2D eigenvalue weighted by molar-refractivity contribution is 5.88. The Morgan fingerprint density at radius 1 is 1.14 bits per heavy atom. The molecule has 1 aliphatic rings. The van der Waals surface area contributed by atoms with E-state index < -0.39 is 5.97 Å². The molecule has 6 nitrogen and oxygen atoms in total. The zero-order chi connectivity index (χ0) is 20.4. The summed E-state index contributed by atoms with van der Waals surface area (Å²) in [7, 11) is 4.03. The third-order valence-electron chi connectivity index (χ3n) is 5.33. The maximum Gasteiger partial charge on any atom is 0.335 e. The van der Waals surface area contributed by atoms with E-state index in [1.54, 1.807) is 18.3 Å². The topological polar surface area (TPSA) is 78.4 Å². The quantitative estimate of drug-likeness (QED) is 0.691. The minimum absolute atomic E-state index is 0.176. The van der Waals surface area contributed by atoms with E-state index in [1.807, 2.05) is 38.4 Å². The van der Waals surface area contributed by atoms with E-state index in [-0.39, 0.29) is 6.04 Å². The number of aryl methyl sites for hydroxylation is 1. The number of aromatic carboxylic acids is 1. The van der Waals surface area contributed by atoms with Gasteiger partial charge in [-0.3, -0.25) is 0 Å². The van der Waals surface area contributed by atoms with Gasteiger partial charge in [0.1, 0.15) is 0 Å². The molecule has 1 atom stereocenters. The van der Waals surface area contributed by atoms with E-state index in [2.05, 4.69) is 27.3 Å². The van der Waals surface area contributed by atoms with Crippen molar-refractivity contribution in [1.82, 2.24) is 9.97 Å². The Kier molecular flexibility index (Phi) is 5.16. The standard InChI is InChI=1S/C23H24N4O2/c1-27(2)20-5-3-4-16(14-20)21-10-11-24-23(26-21)25-19-9-8-15-6-7-17(22(28)29)12-18(15)13-19/h3-7,10-12,14,19H,8-9,13H2,1-2H3,(H,28,29)(H,24,25,26). The van der Waals surface area contributed by atoms with Crippen molar-refractivity contribution in [3.8, 4) is 11.3 Å². The molecule has 0 spiro atoms. The fourth-order valence-corrected chi connectivity index (χ4v) is 3.73. The molecule has 2 aromatic carbocycles. The van der Waals surface area contributed by atoms with Crippen LogP contribution in [0.1, 0.15) is 27.9 Å². The van der Waals surface area contributed by atoms with E-state index in [0.29, 0.717) is 11.5 Å². The predicted molar refractivity (Wildman–Crippen MR) is 115 cm³/mol. The molecule has 3 aromatic rings. The Labute approximate surface area is 170 Å². The number of nitrogens with zero attached hydrogens (tertiary/aromatic N) is 3. The molecule has 1 aromatic heterocycles. The van der Waals surface area contributed by atoms with Crippen molar-refractivity contribution in [3.63, 3.8) is 0 Å². The van der Waals surface area contributed by atoms with Crippen LogP contribution >= 0.6 is 0 Å². The van der Waals surface area contributed by atoms with Gasteiger partial charge in [-0.05, 0) is 60.7 Å². The van der Waals surface area contributed by atoms with Crippen LogP contribution in [0.15, 0.2) is 54.7 Å². The van der Waals surface area contributed by atoms with E-state index in [4.69, 9.17) is 4.98 Å². The Morgan fingerprint density at radius 3 is 2.79 bits per heavy atom. The van der Waals surface area contributed by atoms with Crippen molar-refractivity contribution in [2.75, 3.05) is 24.3 Å². The number of carboxylic acid groups (broad SMARTS) is 1. The van der Waals surface area contributed by atoms with Crippen LogP contribution in [0, 0.1) is 0 Å². The minimum Gasteiger partial charge on any atom is -0.478 e. The van der Waals surface area contributed by atoms with E-state index >= 15 is 0 Å². The molecule has 0 saturated heterocycles. The molecule has 2 N–H and O–H groups in total. The van der Waals surface area contributed by atoms with Crippen molar-refractivity contribution < 1.29 is 9.90 Å². The van der Waals surface area contributed by atoms with Crippen LogP contribution in [-0.4, -0.2) is 41.2 Å². The summed E-state index contributed by atoms with van der Waals surface area (Å²) in [5.74, 6) is -0.292. The van der Waals surface area contributed by atoms with E-state index in [1.165, 1.54) is 5.56 Å². The number of aromatic nitrogens is 2. The lowest BCUT2D eigenvalue weighted by Gasteiger charge is -2.26. The van der Waals surface area contributed by atoms with Crippen molar-refractivity contribution in [2.24, 2.45) is 0 Å². The van der Waals surface area contributed by atoms with Gasteiger partial charge < -0.3 is 15.3 Å². The smallest absolute Gasteiger partial charge is 0.335 e. The number of hydrogen-bond acceptors (Lipinski definition) is 5. The van der Waals surface area contributed by atoms with Gasteiger partial charge in [0.15, 0.2) is 0 Å². The molecule has 0 aliphatic heterocycles. The number of hydrogen-bond donors (Lipinski definition) is 2. The van der Waals surface area contributed by atoms with Gasteiger partial charge in [0, 0.05) is 37.6 Å². The van der Waals surface area contributed by atoms with Crippen LogP contribution in [-0.2, 0) is 12.8 Å². The van der Waals surface area contributed by atoms with Crippen molar-refractivity contribution in [2.45, 2.75) is 25.3 Å². The van der Waals surface area contributed by atoms with Gasteiger partial charge >= 0.3 is 5.97 Å². The molecule has 4 rings (SSSR count). The fourth-order valence-electron chi connectivity index (χ4n) is 3.73. The van der Waals surface area contributed by atoms with Crippen LogP contribution in [0.3, 0.4) is 0 Å². The highest BCUT2D eigenvalue weighted by atomic mass is 16.4. The van der Waals surface area contributed by atoms with Crippen molar-refractivity contribution in [3.05, 3.63) is 71.4 Å². The summed E-state index contributed by atoms with van der Waals surface area (Å²) < 4.78 is 0. The van der Waals surface area contributed by atoms with Gasteiger partial charge in [-0.1, -0.05) is 18.2 Å². The summed E-state index contributed by atoms with van der Waals surface area (Å²) in [5, 5.41) is 12.7. The number of nitrogens with one attached hydrogen (secondary N) is 1. The molecule has 0 bridgehead atoms. The molecule has 29 heavy (non-hydrogen) atoms. The average molecular weight is 388 g/mol. The molecule has 0 amide bonds. The molecule has 0 saturated carbocycles. The van der Waals surface area contributed by atoms with E-state index in [0.717, 1.165) is 41.8 Å². The highest BCUT2D eigenvalue weighted by Gasteiger charge is 2.20. The molecule has 0 fully saturated rings. The van der Waals surface area contributed by atoms with Crippen molar-refractivity contribution in [1.29, 1.82) is 0 Å². The molecule has 1 heterocycles. The Hall–Kier alpha value is -3.41. The summed E-state index contributed by atoms with van der Waals surface area (Å²) in [6.45, 7) is 0. The lowest BCUT2D eigenvalue weighted by Crippen LogP contribution is -2.28. The molecule has 0 radical (unpaired) electrons. The van der Waals surface area contributed by atoms with Gasteiger partial charge in [0.05, 0.1) is 11.3 Å². The first kappa shape index (κ1) is 18.9. The van der Waals surface area contributed by atoms with Crippen LogP contribution in [0.2, 0.25) is 0 Å². The molecular weight excluding hydrogens is 364 g/mol. The second kappa shape index (κ2) is 7.91. The maximum absolute atomic E-state index is 11.3. The van der Waals surface area contributed by atoms with Crippen LogP contribution in [0.25, 0.3) is 11.3 Å². The minimum atomic E-state index is -0.890. The predicted octanol–water partition coefficient (Wildman–Crippen LogP) is 3.88. The zero-order valence-corrected chi connectivity index (χ0v) is 16.6. The zero-order valence-electron chi connectivity index (χ0n) is 16.6. The van der Waals surface area contributed by atoms with Crippen LogP contribution in [0.5, 0.6) is 0 Å². The summed E-state index contributed by atoms with van der Waals surface area (Å²) >= 11 is 0. The van der Waals surface area contributed by atoms with Gasteiger partial charge in [-0.15, -0.1) is 0 Å². The van der Waals surface area contributed by atoms with Gasteiger partial charge in [0.2, 0.25) is 5.95 Å². The Bertz CT molecular complexity index is 1050. The van der Waals surface area contributed by atoms with Gasteiger partial charge in [-0.25, -0.2) is 14.8 Å². The largest absolute Gasteiger partial charge is 0.478 e. The molecule has 1 aliphatic carbocycles. The van der Waals surface area contributed by atoms with Gasteiger partial charge in [-0.2, -0.15) is 0 Å². The second-order valence-electron chi connectivity index (χ2n) is 7.58. The lowest BCUT2D eigenvalue weighted by atomic mass is 9.87. The maximum atomic E-state index is 11.3. The first-order valence-electron chi connectivity index (χ1n) is 9.72. The summed E-state index contributed by atoms with van der Waals surface area (Å²) in [6, 6.07) is 15.7. The number of rotatable bonds is 5. The number of anilines is 2. The Balaban J connectivity index is 1.52. The first-order valence-corrected chi connectivity index (χ1v) is 9.72. The first-order chi connectivity index (χ1) is 14.0. The number of carboxylic acids is 1. The third-order valence-corrected chi connectivity index (χ3v) is 5.33. The third kappa shape index (κ3) is 4.21. The Morgan fingerprint density at radius 2 is 2.00 bits per heavy atom. The average Bonchev–Trinajstić information content (AvgIpc) is 2.73. The summed E-state index contributed by atoms with van der Waals surface area (Å²) in [5.41, 5.74) is 5.68. The fraction of sp³-hybridized carbons (Fsp3) is 0.261. The molecule has 1 unspecified atom stereocenters. The lowest BCUT2D eigenvalue weighted by molar-refractivity contribution is 0.0696. The van der Waals surface area contributed by atoms with Crippen molar-refractivity contribution >= 4 is 17.6 Å². The summed E-state index contributed by atoms with van der Waals surface area (Å²) in [6.07, 6.45) is 4.41. The molecule has 6 heteroatoms. The van der Waals surface area contributed by atoms with Gasteiger partial charge in [0.25, 0.3) is 0 Å².